The van der Waals surface area contributed by atoms with E-state index in [0.717, 1.165) is 55.8 Å². The maximum Gasteiger partial charge on any atom is 0.165 e. The molecule has 53 heavy (non-hydrogen) atoms. The second-order valence-electron chi connectivity index (χ2n) is 16.8. The Hall–Kier alpha value is -5.22. The number of nitrogens with one attached hydrogen (secondary N) is 1. The number of nitrogens with zero attached hydrogens (tertiary/aromatic N) is 3. The van der Waals surface area contributed by atoms with Crippen LogP contribution in [0.15, 0.2) is 143 Å². The lowest BCUT2D eigenvalue weighted by Gasteiger charge is -2.49. The van der Waals surface area contributed by atoms with Gasteiger partial charge in [0.15, 0.2) is 6.17 Å². The molecule has 2 heterocycles. The van der Waals surface area contributed by atoms with E-state index in [9.17, 15) is 0 Å². The van der Waals surface area contributed by atoms with Crippen LogP contribution in [0.3, 0.4) is 0 Å². The highest BCUT2D eigenvalue weighted by molar-refractivity contribution is 6.13. The minimum absolute atomic E-state index is 0.00719. The van der Waals surface area contributed by atoms with Gasteiger partial charge in [-0.25, -0.2) is 9.98 Å². The van der Waals surface area contributed by atoms with Crippen molar-refractivity contribution in [3.63, 3.8) is 0 Å². The molecular weight excluding hydrogens is 645 g/mol. The zero-order chi connectivity index (χ0) is 35.9. The summed E-state index contributed by atoms with van der Waals surface area (Å²) >= 11 is 0. The highest BCUT2D eigenvalue weighted by atomic mass is 15.2. The van der Waals surface area contributed by atoms with Gasteiger partial charge in [0, 0.05) is 39.3 Å². The number of hydrogen-bond acceptors (Lipinski definition) is 3. The second kappa shape index (κ2) is 12.2. The molecule has 4 nitrogen and oxygen atoms in total. The minimum Gasteiger partial charge on any atom is -0.337 e. The third-order valence-corrected chi connectivity index (χ3v) is 13.5. The van der Waals surface area contributed by atoms with E-state index in [2.05, 4.69) is 159 Å². The van der Waals surface area contributed by atoms with Gasteiger partial charge in [0.2, 0.25) is 0 Å². The summed E-state index contributed by atoms with van der Waals surface area (Å²) in [6.07, 6.45) is 22.0. The first kappa shape index (κ1) is 32.4. The summed E-state index contributed by atoms with van der Waals surface area (Å²) in [5, 5.41) is 8.89. The molecule has 1 aliphatic heterocycles. The third-order valence-electron chi connectivity index (χ3n) is 13.5. The van der Waals surface area contributed by atoms with E-state index in [0.29, 0.717) is 6.04 Å². The maximum atomic E-state index is 5.32. The van der Waals surface area contributed by atoms with Gasteiger partial charge in [-0.15, -0.1) is 0 Å². The van der Waals surface area contributed by atoms with Crippen LogP contribution in [0.4, 0.5) is 0 Å². The quantitative estimate of drug-likeness (QED) is 0.187. The van der Waals surface area contributed by atoms with Crippen LogP contribution in [-0.4, -0.2) is 22.4 Å². The van der Waals surface area contributed by atoms with E-state index >= 15 is 0 Å². The van der Waals surface area contributed by atoms with Gasteiger partial charge in [-0.3, -0.25) is 0 Å². The van der Waals surface area contributed by atoms with Crippen molar-refractivity contribution < 1.29 is 0 Å². The Kier molecular flexibility index (Phi) is 7.44. The molecule has 4 aliphatic carbocycles. The van der Waals surface area contributed by atoms with Crippen LogP contribution in [-0.2, 0) is 5.41 Å². The van der Waals surface area contributed by atoms with Gasteiger partial charge in [-0.1, -0.05) is 125 Å². The molecule has 3 atom stereocenters. The summed E-state index contributed by atoms with van der Waals surface area (Å²) in [4.78, 5) is 10.6. The molecular formula is C49H48N4. The van der Waals surface area contributed by atoms with Crippen LogP contribution in [0.1, 0.15) is 89.0 Å². The second-order valence-corrected chi connectivity index (χ2v) is 16.8. The molecule has 264 valence electrons. The predicted molar refractivity (Wildman–Crippen MR) is 224 cm³/mol. The van der Waals surface area contributed by atoms with Gasteiger partial charge in [0.1, 0.15) is 11.7 Å². The normalized spacial score (nSPS) is 24.5. The molecule has 4 heteroatoms. The zero-order valence-corrected chi connectivity index (χ0v) is 31.4. The van der Waals surface area contributed by atoms with Crippen molar-refractivity contribution in [2.75, 3.05) is 0 Å². The monoisotopic (exact) mass is 692 g/mol. The molecule has 0 fully saturated rings. The average molecular weight is 693 g/mol. The number of benzene rings is 4. The molecule has 5 aliphatic rings. The van der Waals surface area contributed by atoms with Crippen LogP contribution < -0.4 is 5.32 Å². The van der Waals surface area contributed by atoms with Crippen molar-refractivity contribution in [2.24, 2.45) is 21.3 Å². The van der Waals surface area contributed by atoms with Crippen LogP contribution in [0.25, 0.3) is 38.2 Å². The van der Waals surface area contributed by atoms with Crippen molar-refractivity contribution in [1.82, 2.24) is 9.88 Å². The highest BCUT2D eigenvalue weighted by Crippen LogP contribution is 2.57. The van der Waals surface area contributed by atoms with Crippen LogP contribution in [0, 0.1) is 11.3 Å². The summed E-state index contributed by atoms with van der Waals surface area (Å²) < 4.78 is 2.69. The number of rotatable bonds is 4. The molecule has 0 spiro atoms. The van der Waals surface area contributed by atoms with E-state index in [-0.39, 0.29) is 22.9 Å². The van der Waals surface area contributed by atoms with Crippen molar-refractivity contribution in [1.29, 1.82) is 0 Å². The predicted octanol–water partition coefficient (Wildman–Crippen LogP) is 11.9. The molecule has 5 aromatic rings. The molecule has 1 aromatic heterocycles. The van der Waals surface area contributed by atoms with Gasteiger partial charge >= 0.3 is 0 Å². The molecule has 4 aromatic carbocycles. The lowest BCUT2D eigenvalue weighted by atomic mass is 9.54. The van der Waals surface area contributed by atoms with Gasteiger partial charge in [-0.2, -0.15) is 0 Å². The third kappa shape index (κ3) is 5.09. The molecule has 0 radical (unpaired) electrons. The Labute approximate surface area is 313 Å². The Morgan fingerprint density at radius 1 is 0.755 bits per heavy atom. The zero-order valence-electron chi connectivity index (χ0n) is 31.4. The molecule has 0 amide bonds. The lowest BCUT2D eigenvalue weighted by molar-refractivity contribution is 0.249. The topological polar surface area (TPSA) is 41.7 Å². The minimum atomic E-state index is -0.215. The van der Waals surface area contributed by atoms with Gasteiger partial charge in [0.05, 0.1) is 0 Å². The van der Waals surface area contributed by atoms with E-state index in [1.807, 2.05) is 0 Å². The highest BCUT2D eigenvalue weighted by Gasteiger charge is 2.47. The molecule has 0 saturated heterocycles. The Morgan fingerprint density at radius 3 is 2.43 bits per heavy atom. The standard InChI is InChI=1S/C49H48N4/c1-48(2)41-20-12-10-18-37(41)39-29-40-38-19-11-13-21-43(38)53(44(40)30-42(39)49(48,3)4)36-26-24-33(25-27-36)46-50-45(32-15-6-5-7-16-32)51-47(52-46)35-23-22-31-14-8-9-17-34(31)28-35/h5-9,11-15,17,19-24,28-30,32,36,46H,10,16,18,25-27H2,1-4H3,(H,50,51,52). The summed E-state index contributed by atoms with van der Waals surface area (Å²) in [6.45, 7) is 9.84. The molecule has 10 rings (SSSR count). The summed E-state index contributed by atoms with van der Waals surface area (Å²) in [7, 11) is 0. The summed E-state index contributed by atoms with van der Waals surface area (Å²) in [5.41, 5.74) is 11.3. The van der Waals surface area contributed by atoms with E-state index in [1.54, 1.807) is 5.57 Å². The molecule has 3 unspecified atom stereocenters. The molecule has 1 N–H and O–H groups in total. The largest absolute Gasteiger partial charge is 0.337 e. The number of para-hydroxylation sites is 1. The van der Waals surface area contributed by atoms with E-state index < -0.39 is 0 Å². The fraction of sp³-hybridized carbons (Fsp3) is 0.306. The number of aliphatic imine (C=N–C) groups is 2. The maximum absolute atomic E-state index is 5.32. The first-order valence-electron chi connectivity index (χ1n) is 19.7. The fourth-order valence-electron chi connectivity index (χ4n) is 9.81. The van der Waals surface area contributed by atoms with Crippen molar-refractivity contribution in [2.45, 2.75) is 83.8 Å². The lowest BCUT2D eigenvalue weighted by Crippen LogP contribution is -2.42. The van der Waals surface area contributed by atoms with Crippen molar-refractivity contribution >= 4 is 49.8 Å². The van der Waals surface area contributed by atoms with Gasteiger partial charge < -0.3 is 9.88 Å². The SMILES string of the molecule is CC1(C)C2=C(CCC=C2)c2cc3c4ccccc4n(C4CC=C(C5N=C(c6ccc7ccccc7c6)NC(C6C=CC=CC6)=N5)CC4)c3cc2C1(C)C. The summed E-state index contributed by atoms with van der Waals surface area (Å²) in [5.74, 6) is 2.15. The Bertz CT molecular complexity index is 2560. The van der Waals surface area contributed by atoms with Crippen molar-refractivity contribution in [3.8, 4) is 0 Å². The number of allylic oxidation sites excluding steroid dienone is 8. The van der Waals surface area contributed by atoms with Crippen molar-refractivity contribution in [3.05, 3.63) is 149 Å². The average Bonchev–Trinajstić information content (AvgIpc) is 3.53. The van der Waals surface area contributed by atoms with Gasteiger partial charge in [-0.05, 0) is 112 Å². The molecule has 0 saturated carbocycles. The summed E-state index contributed by atoms with van der Waals surface area (Å²) in [6, 6.07) is 29.8. The van der Waals surface area contributed by atoms with E-state index in [1.165, 1.54) is 54.9 Å². The van der Waals surface area contributed by atoms with Crippen LogP contribution in [0.2, 0.25) is 0 Å². The van der Waals surface area contributed by atoms with E-state index in [4.69, 9.17) is 9.98 Å². The van der Waals surface area contributed by atoms with Gasteiger partial charge in [0.25, 0.3) is 0 Å². The number of hydrogen-bond donors (Lipinski definition) is 1. The smallest absolute Gasteiger partial charge is 0.165 e. The Balaban J connectivity index is 1.04. The van der Waals surface area contributed by atoms with Crippen LogP contribution in [0.5, 0.6) is 0 Å². The number of amidine groups is 2. The fourth-order valence-corrected chi connectivity index (χ4v) is 9.81. The molecule has 0 bridgehead atoms. The number of aromatic nitrogens is 1. The first-order chi connectivity index (χ1) is 25.8. The number of fused-ring (bicyclic) bond motifs is 6. The first-order valence-corrected chi connectivity index (χ1v) is 19.7. The Morgan fingerprint density at radius 2 is 1.60 bits per heavy atom. The van der Waals surface area contributed by atoms with Crippen LogP contribution >= 0.6 is 0 Å².